The van der Waals surface area contributed by atoms with Gasteiger partial charge in [-0.05, 0) is 95.3 Å². The van der Waals surface area contributed by atoms with Gasteiger partial charge in [0.2, 0.25) is 5.95 Å². The van der Waals surface area contributed by atoms with Gasteiger partial charge in [-0.1, -0.05) is 0 Å². The Hall–Kier alpha value is -3.83. The van der Waals surface area contributed by atoms with Crippen molar-refractivity contribution in [3.8, 4) is 0 Å². The zero-order valence-corrected chi connectivity index (χ0v) is 24.7. The van der Waals surface area contributed by atoms with Crippen molar-refractivity contribution in [1.82, 2.24) is 34.7 Å². The fraction of sp³-hybridized carbons (Fsp3) is 0.516. The smallest absolute Gasteiger partial charge is 0.227 e. The normalized spacial score (nSPS) is 23.6. The summed E-state index contributed by atoms with van der Waals surface area (Å²) in [6, 6.07) is 6.21. The highest BCUT2D eigenvalue weighted by molar-refractivity contribution is 5.91. The van der Waals surface area contributed by atoms with Crippen LogP contribution in [0.2, 0.25) is 0 Å². The second-order valence-electron chi connectivity index (χ2n) is 12.5. The highest BCUT2D eigenvalue weighted by Crippen LogP contribution is 2.36. The molecule has 8 rings (SSSR count). The summed E-state index contributed by atoms with van der Waals surface area (Å²) < 4.78 is 0. The molecule has 7 heterocycles. The molecule has 0 spiro atoms. The third-order valence-electron chi connectivity index (χ3n) is 9.58. The van der Waals surface area contributed by atoms with Gasteiger partial charge in [-0.15, -0.1) is 0 Å². The minimum atomic E-state index is 0.131. The summed E-state index contributed by atoms with van der Waals surface area (Å²) in [6.07, 6.45) is 9.66. The molecule has 2 bridgehead atoms. The van der Waals surface area contributed by atoms with Crippen LogP contribution in [-0.4, -0.2) is 86.1 Å². The highest BCUT2D eigenvalue weighted by atomic mass is 15.3. The van der Waals surface area contributed by atoms with Crippen molar-refractivity contribution in [2.24, 2.45) is 0 Å². The van der Waals surface area contributed by atoms with Crippen molar-refractivity contribution < 1.29 is 0 Å². The molecule has 4 aliphatic rings. The lowest BCUT2D eigenvalue weighted by molar-refractivity contribution is 0.263. The Kier molecular flexibility index (Phi) is 6.94. The number of piperidine rings is 2. The van der Waals surface area contributed by atoms with Crippen LogP contribution in [0.1, 0.15) is 48.9 Å². The van der Waals surface area contributed by atoms with E-state index in [-0.39, 0.29) is 5.54 Å². The molecule has 0 atom stereocenters. The molecule has 0 aromatic carbocycles. The first-order valence-electron chi connectivity index (χ1n) is 15.3. The highest BCUT2D eigenvalue weighted by Gasteiger charge is 2.44. The van der Waals surface area contributed by atoms with Crippen LogP contribution in [0.5, 0.6) is 0 Å². The number of likely N-dealkylation sites (tertiary alicyclic amines) is 1. The van der Waals surface area contributed by atoms with E-state index in [1.807, 2.05) is 18.2 Å². The Morgan fingerprint density at radius 2 is 1.79 bits per heavy atom. The number of anilines is 4. The summed E-state index contributed by atoms with van der Waals surface area (Å²) >= 11 is 0. The van der Waals surface area contributed by atoms with Crippen LogP contribution in [0.25, 0.3) is 22.1 Å². The van der Waals surface area contributed by atoms with Crippen LogP contribution in [0.3, 0.4) is 0 Å². The van der Waals surface area contributed by atoms with Crippen LogP contribution in [-0.2, 0) is 12.8 Å². The van der Waals surface area contributed by atoms with Gasteiger partial charge in [0.05, 0.1) is 10.9 Å². The number of aryl methyl sites for hydroxylation is 2. The standard InChI is InChI=1S/C17H22N6.C14H19N5/c1-10-11-3-2-4-12(11)19-15-13(10)14(18)20-16(21-15)22-17-5-7-23(9-17)8-6-17;1-19-7-4-10(5-8-19)17-13-9-12(15)11-3-2-6-16-14(11)18-13/h2-9H2,1H3,(H3,18,19,20,21,22);2-3,6,9-10H,4-5,7-8H2,1H3,(H3,15,16,17,18). The van der Waals surface area contributed by atoms with Crippen molar-refractivity contribution in [2.45, 2.75) is 63.5 Å². The summed E-state index contributed by atoms with van der Waals surface area (Å²) in [5.41, 5.74) is 18.4. The van der Waals surface area contributed by atoms with Crippen molar-refractivity contribution >= 4 is 45.3 Å². The number of hydrogen-bond donors (Lipinski definition) is 4. The number of nitrogens with zero attached hydrogens (tertiary/aromatic N) is 7. The summed E-state index contributed by atoms with van der Waals surface area (Å²) in [7, 11) is 2.16. The second kappa shape index (κ2) is 10.8. The molecule has 3 fully saturated rings. The van der Waals surface area contributed by atoms with E-state index in [2.05, 4.69) is 49.4 Å². The molecule has 0 radical (unpaired) electrons. The van der Waals surface area contributed by atoms with Crippen molar-refractivity contribution in [1.29, 1.82) is 0 Å². The lowest BCUT2D eigenvalue weighted by atomic mass is 9.95. The van der Waals surface area contributed by atoms with E-state index in [1.165, 1.54) is 36.3 Å². The van der Waals surface area contributed by atoms with E-state index in [1.54, 1.807) is 6.20 Å². The van der Waals surface area contributed by atoms with Gasteiger partial charge in [-0.3, -0.25) is 0 Å². The molecular formula is C31H41N11. The minimum absolute atomic E-state index is 0.131. The van der Waals surface area contributed by atoms with Gasteiger partial charge in [0.25, 0.3) is 0 Å². The van der Waals surface area contributed by atoms with E-state index < -0.39 is 0 Å². The Morgan fingerprint density at radius 1 is 0.976 bits per heavy atom. The van der Waals surface area contributed by atoms with Crippen LogP contribution >= 0.6 is 0 Å². The fourth-order valence-electron chi connectivity index (χ4n) is 7.14. The Morgan fingerprint density at radius 3 is 2.55 bits per heavy atom. The molecule has 11 nitrogen and oxygen atoms in total. The van der Waals surface area contributed by atoms with Crippen molar-refractivity contribution in [3.05, 3.63) is 41.2 Å². The summed E-state index contributed by atoms with van der Waals surface area (Å²) in [5, 5.41) is 8.91. The van der Waals surface area contributed by atoms with Gasteiger partial charge in [0.15, 0.2) is 11.3 Å². The zero-order valence-electron chi connectivity index (χ0n) is 24.7. The van der Waals surface area contributed by atoms with Crippen molar-refractivity contribution in [3.63, 3.8) is 0 Å². The molecular weight excluding hydrogens is 526 g/mol. The summed E-state index contributed by atoms with van der Waals surface area (Å²) in [6.45, 7) is 7.80. The first kappa shape index (κ1) is 27.0. The van der Waals surface area contributed by atoms with Gasteiger partial charge in [0, 0.05) is 54.7 Å². The lowest BCUT2D eigenvalue weighted by Crippen LogP contribution is -2.37. The molecule has 220 valence electrons. The molecule has 0 amide bonds. The van der Waals surface area contributed by atoms with Crippen LogP contribution < -0.4 is 22.1 Å². The van der Waals surface area contributed by atoms with Gasteiger partial charge < -0.3 is 31.9 Å². The Balaban J connectivity index is 0.000000140. The maximum absolute atomic E-state index is 6.28. The van der Waals surface area contributed by atoms with Gasteiger partial charge >= 0.3 is 0 Å². The molecule has 11 heteroatoms. The third kappa shape index (κ3) is 5.15. The molecule has 4 aromatic rings. The van der Waals surface area contributed by atoms with Gasteiger partial charge in [0.1, 0.15) is 11.6 Å². The zero-order chi connectivity index (χ0) is 28.8. The predicted molar refractivity (Wildman–Crippen MR) is 169 cm³/mol. The van der Waals surface area contributed by atoms with Crippen molar-refractivity contribution in [2.75, 3.05) is 61.9 Å². The Bertz CT molecular complexity index is 1620. The van der Waals surface area contributed by atoms with E-state index >= 15 is 0 Å². The minimum Gasteiger partial charge on any atom is -0.398 e. The number of nitrogens with one attached hydrogen (secondary N) is 2. The summed E-state index contributed by atoms with van der Waals surface area (Å²) in [4.78, 5) is 27.7. The number of nitrogens with two attached hydrogens (primary N) is 2. The van der Waals surface area contributed by atoms with E-state index in [0.717, 1.165) is 86.1 Å². The van der Waals surface area contributed by atoms with Crippen LogP contribution in [0, 0.1) is 6.92 Å². The molecule has 42 heavy (non-hydrogen) atoms. The fourth-order valence-corrected chi connectivity index (χ4v) is 7.14. The third-order valence-corrected chi connectivity index (χ3v) is 9.58. The average Bonchev–Trinajstić information content (AvgIpc) is 3.71. The topological polar surface area (TPSA) is 147 Å². The first-order chi connectivity index (χ1) is 20.4. The monoisotopic (exact) mass is 567 g/mol. The van der Waals surface area contributed by atoms with Crippen LogP contribution in [0.4, 0.5) is 23.3 Å². The van der Waals surface area contributed by atoms with E-state index in [4.69, 9.17) is 21.4 Å². The maximum atomic E-state index is 6.28. The number of fused-ring (bicyclic) bond motifs is 5. The molecule has 6 N–H and O–H groups in total. The van der Waals surface area contributed by atoms with E-state index in [9.17, 15) is 0 Å². The molecule has 0 saturated carbocycles. The number of hydrogen-bond acceptors (Lipinski definition) is 11. The summed E-state index contributed by atoms with van der Waals surface area (Å²) in [5.74, 6) is 2.03. The molecule has 4 aromatic heterocycles. The Labute approximate surface area is 246 Å². The van der Waals surface area contributed by atoms with Gasteiger partial charge in [-0.25, -0.2) is 15.0 Å². The quantitative estimate of drug-likeness (QED) is 0.288. The predicted octanol–water partition coefficient (Wildman–Crippen LogP) is 3.38. The lowest BCUT2D eigenvalue weighted by Gasteiger charge is -2.29. The number of rotatable bonds is 4. The number of nitrogen functional groups attached to an aromatic ring is 2. The molecule has 3 saturated heterocycles. The SMILES string of the molecule is CN1CCC(Nc2cc(N)c3cccnc3n2)CC1.Cc1c2c(nc3nc(NC45CCN(CC4)C5)nc(N)c13)CCC2. The first-order valence-corrected chi connectivity index (χ1v) is 15.3. The maximum Gasteiger partial charge on any atom is 0.227 e. The van der Waals surface area contributed by atoms with E-state index in [0.29, 0.717) is 23.5 Å². The number of aromatic nitrogens is 5. The second-order valence-corrected chi connectivity index (χ2v) is 12.5. The van der Waals surface area contributed by atoms with Crippen LogP contribution in [0.15, 0.2) is 24.4 Å². The largest absolute Gasteiger partial charge is 0.398 e. The number of pyridine rings is 3. The molecule has 0 unspecified atom stereocenters. The van der Waals surface area contributed by atoms with Gasteiger partial charge in [-0.2, -0.15) is 9.97 Å². The molecule has 1 aliphatic carbocycles. The average molecular weight is 568 g/mol. The molecule has 3 aliphatic heterocycles.